The van der Waals surface area contributed by atoms with Crippen molar-refractivity contribution >= 4 is 23.2 Å². The van der Waals surface area contributed by atoms with Gasteiger partial charge in [0.2, 0.25) is 11.8 Å². The van der Waals surface area contributed by atoms with Crippen LogP contribution in [0, 0.1) is 5.92 Å². The van der Waals surface area contributed by atoms with E-state index in [-0.39, 0.29) is 22.6 Å². The molecule has 0 aromatic carbocycles. The maximum Gasteiger partial charge on any atom is 0.304 e. The number of carbonyl (C=O) groups is 2. The minimum Gasteiger partial charge on any atom is -0.344 e. The van der Waals surface area contributed by atoms with Crippen LogP contribution >= 0.6 is 11.3 Å². The Labute approximate surface area is 114 Å². The van der Waals surface area contributed by atoms with Crippen LogP contribution in [0.3, 0.4) is 0 Å². The number of hydrogen-bond acceptors (Lipinski definition) is 4. The molecule has 0 spiro atoms. The van der Waals surface area contributed by atoms with Crippen molar-refractivity contribution < 1.29 is 9.59 Å². The van der Waals surface area contributed by atoms with Crippen LogP contribution in [-0.4, -0.2) is 34.3 Å². The van der Waals surface area contributed by atoms with Crippen molar-refractivity contribution in [2.75, 3.05) is 6.54 Å². The number of H-pyrrole nitrogens is 1. The van der Waals surface area contributed by atoms with Gasteiger partial charge in [0.1, 0.15) is 6.04 Å². The molecule has 1 unspecified atom stereocenters. The smallest absolute Gasteiger partial charge is 0.304 e. The predicted molar refractivity (Wildman–Crippen MR) is 71.7 cm³/mol. The van der Waals surface area contributed by atoms with Gasteiger partial charge in [0.15, 0.2) is 0 Å². The van der Waals surface area contributed by atoms with E-state index in [4.69, 9.17) is 0 Å². The van der Waals surface area contributed by atoms with Crippen LogP contribution in [-0.2, 0) is 16.1 Å². The highest BCUT2D eigenvalue weighted by molar-refractivity contribution is 7.07. The van der Waals surface area contributed by atoms with E-state index in [1.165, 1.54) is 0 Å². The fraction of sp³-hybridized carbons (Fsp3) is 0.583. The molecule has 0 bridgehead atoms. The molecule has 0 saturated carbocycles. The molecule has 1 fully saturated rings. The summed E-state index contributed by atoms with van der Waals surface area (Å²) in [5.74, 6) is -0.153. The van der Waals surface area contributed by atoms with Gasteiger partial charge in [-0.1, -0.05) is 25.2 Å². The van der Waals surface area contributed by atoms with Gasteiger partial charge in [-0.25, -0.2) is 0 Å². The minimum atomic E-state index is -0.486. The van der Waals surface area contributed by atoms with E-state index in [1.807, 2.05) is 13.8 Å². The Kier molecular flexibility index (Phi) is 4.04. The third kappa shape index (κ3) is 3.23. The van der Waals surface area contributed by atoms with Crippen molar-refractivity contribution in [3.8, 4) is 0 Å². The third-order valence-corrected chi connectivity index (χ3v) is 3.82. The lowest BCUT2D eigenvalue weighted by Gasteiger charge is -2.25. The van der Waals surface area contributed by atoms with Crippen molar-refractivity contribution in [1.82, 2.24) is 15.2 Å². The Bertz CT molecular complexity index is 534. The monoisotopic (exact) mass is 283 g/mol. The van der Waals surface area contributed by atoms with Crippen molar-refractivity contribution in [3.05, 3.63) is 20.7 Å². The van der Waals surface area contributed by atoms with Crippen molar-refractivity contribution in [2.45, 2.75) is 32.9 Å². The van der Waals surface area contributed by atoms with Gasteiger partial charge in [-0.15, -0.1) is 0 Å². The molecule has 1 aliphatic rings. The lowest BCUT2D eigenvalue weighted by atomic mass is 10.0. The molecule has 2 amide bonds. The predicted octanol–water partition coefficient (Wildman–Crippen LogP) is 0.309. The standard InChI is InChI=1S/C12H17N3O3S/c1-7(2)10-11(17)15(4-3-9(16)14-10)5-8-6-19-12(18)13-8/h6-7,10H,3-5H2,1-2H3,(H,13,18)(H,14,16). The number of carbonyl (C=O) groups excluding carboxylic acids is 2. The second-order valence-electron chi connectivity index (χ2n) is 4.97. The van der Waals surface area contributed by atoms with Gasteiger partial charge in [0.25, 0.3) is 0 Å². The number of aromatic amines is 1. The Morgan fingerprint density at radius 1 is 1.42 bits per heavy atom. The molecule has 2 rings (SSSR count). The molecule has 1 aliphatic heterocycles. The summed E-state index contributed by atoms with van der Waals surface area (Å²) < 4.78 is 0. The fourth-order valence-electron chi connectivity index (χ4n) is 2.06. The summed E-state index contributed by atoms with van der Waals surface area (Å²) in [6.45, 7) is 4.53. The van der Waals surface area contributed by atoms with E-state index in [9.17, 15) is 14.4 Å². The number of amides is 2. The molecular weight excluding hydrogens is 266 g/mol. The Morgan fingerprint density at radius 2 is 2.16 bits per heavy atom. The lowest BCUT2D eigenvalue weighted by molar-refractivity contribution is -0.135. The van der Waals surface area contributed by atoms with Crippen LogP contribution in [0.15, 0.2) is 10.2 Å². The van der Waals surface area contributed by atoms with Crippen molar-refractivity contribution in [3.63, 3.8) is 0 Å². The fourth-order valence-corrected chi connectivity index (χ4v) is 2.63. The quantitative estimate of drug-likeness (QED) is 0.837. The van der Waals surface area contributed by atoms with Gasteiger partial charge in [-0.05, 0) is 5.92 Å². The topological polar surface area (TPSA) is 82.3 Å². The van der Waals surface area contributed by atoms with Gasteiger partial charge in [0.05, 0.1) is 6.54 Å². The second-order valence-corrected chi connectivity index (χ2v) is 5.81. The third-order valence-electron chi connectivity index (χ3n) is 3.10. The lowest BCUT2D eigenvalue weighted by Crippen LogP contribution is -2.47. The zero-order chi connectivity index (χ0) is 14.0. The van der Waals surface area contributed by atoms with Gasteiger partial charge in [-0.3, -0.25) is 14.4 Å². The average molecular weight is 283 g/mol. The summed E-state index contributed by atoms with van der Waals surface area (Å²) >= 11 is 1.08. The minimum absolute atomic E-state index is 0.0403. The largest absolute Gasteiger partial charge is 0.344 e. The second kappa shape index (κ2) is 5.56. The van der Waals surface area contributed by atoms with Crippen LogP contribution in [0.4, 0.5) is 0 Å². The van der Waals surface area contributed by atoms with Crippen molar-refractivity contribution in [2.24, 2.45) is 5.92 Å². The van der Waals surface area contributed by atoms with Crippen LogP contribution in [0.25, 0.3) is 0 Å². The molecule has 2 heterocycles. The average Bonchev–Trinajstić information content (AvgIpc) is 2.69. The van der Waals surface area contributed by atoms with E-state index in [0.29, 0.717) is 25.2 Å². The Balaban J connectivity index is 2.16. The summed E-state index contributed by atoms with van der Waals surface area (Å²) in [7, 11) is 0. The maximum absolute atomic E-state index is 12.4. The molecule has 2 N–H and O–H groups in total. The normalized spacial score (nSPS) is 20.6. The Hall–Kier alpha value is -1.63. The molecule has 0 radical (unpaired) electrons. The first-order chi connectivity index (χ1) is 8.97. The summed E-state index contributed by atoms with van der Waals surface area (Å²) in [4.78, 5) is 39.2. The van der Waals surface area contributed by atoms with E-state index < -0.39 is 6.04 Å². The molecule has 104 valence electrons. The van der Waals surface area contributed by atoms with Gasteiger partial charge in [-0.2, -0.15) is 0 Å². The summed E-state index contributed by atoms with van der Waals surface area (Å²) in [5.41, 5.74) is 0.709. The molecule has 19 heavy (non-hydrogen) atoms. The number of rotatable bonds is 3. The number of thiazole rings is 1. The molecule has 1 aromatic rings. The van der Waals surface area contributed by atoms with Crippen LogP contribution in [0.5, 0.6) is 0 Å². The highest BCUT2D eigenvalue weighted by atomic mass is 32.1. The van der Waals surface area contributed by atoms with Gasteiger partial charge < -0.3 is 15.2 Å². The van der Waals surface area contributed by atoms with Crippen LogP contribution < -0.4 is 10.2 Å². The van der Waals surface area contributed by atoms with E-state index >= 15 is 0 Å². The van der Waals surface area contributed by atoms with Crippen LogP contribution in [0.1, 0.15) is 26.0 Å². The Morgan fingerprint density at radius 3 is 2.74 bits per heavy atom. The summed E-state index contributed by atoms with van der Waals surface area (Å²) in [6.07, 6.45) is 0.295. The number of nitrogens with one attached hydrogen (secondary N) is 2. The van der Waals surface area contributed by atoms with Gasteiger partial charge >= 0.3 is 4.87 Å². The van der Waals surface area contributed by atoms with E-state index in [0.717, 1.165) is 11.3 Å². The molecule has 1 saturated heterocycles. The van der Waals surface area contributed by atoms with Crippen LogP contribution in [0.2, 0.25) is 0 Å². The summed E-state index contributed by atoms with van der Waals surface area (Å²) in [5, 5.41) is 4.46. The first kappa shape index (κ1) is 13.8. The first-order valence-electron chi connectivity index (χ1n) is 6.22. The summed E-state index contributed by atoms with van der Waals surface area (Å²) in [6, 6.07) is -0.486. The SMILES string of the molecule is CC(C)C1NC(=O)CCN(Cc2csc(=O)[nH]2)C1=O. The number of nitrogens with zero attached hydrogens (tertiary/aromatic N) is 1. The first-order valence-corrected chi connectivity index (χ1v) is 7.10. The highest BCUT2D eigenvalue weighted by Gasteiger charge is 2.31. The zero-order valence-corrected chi connectivity index (χ0v) is 11.8. The molecule has 1 atom stereocenters. The van der Waals surface area contributed by atoms with Gasteiger partial charge in [0, 0.05) is 24.0 Å². The molecule has 6 nitrogen and oxygen atoms in total. The van der Waals surface area contributed by atoms with E-state index in [1.54, 1.807) is 10.3 Å². The molecular formula is C12H17N3O3S. The maximum atomic E-state index is 12.4. The molecule has 1 aromatic heterocycles. The highest BCUT2D eigenvalue weighted by Crippen LogP contribution is 2.13. The number of aromatic nitrogens is 1. The molecule has 7 heteroatoms. The van der Waals surface area contributed by atoms with Crippen molar-refractivity contribution in [1.29, 1.82) is 0 Å². The van der Waals surface area contributed by atoms with E-state index in [2.05, 4.69) is 10.3 Å². The number of hydrogen-bond donors (Lipinski definition) is 2. The molecule has 0 aliphatic carbocycles. The zero-order valence-electron chi connectivity index (χ0n) is 10.9.